The molecule has 0 aliphatic carbocycles. The van der Waals surface area contributed by atoms with E-state index in [0.29, 0.717) is 88.5 Å². The van der Waals surface area contributed by atoms with Crippen molar-refractivity contribution in [2.75, 3.05) is 65.9 Å². The number of benzene rings is 1. The van der Waals surface area contributed by atoms with Crippen LogP contribution in [0.3, 0.4) is 0 Å². The van der Waals surface area contributed by atoms with Crippen LogP contribution in [0.1, 0.15) is 71.1 Å². The molecule has 7 N–H and O–H groups in total. The Morgan fingerprint density at radius 3 is 2.19 bits per heavy atom. The molecule has 1 saturated heterocycles. The lowest BCUT2D eigenvalue weighted by Crippen LogP contribution is -2.68. The molecule has 63 heavy (non-hydrogen) atoms. The number of nitrogens with one attached hydrogen (secondary N) is 3. The van der Waals surface area contributed by atoms with Gasteiger partial charge in [0.15, 0.2) is 0 Å². The summed E-state index contributed by atoms with van der Waals surface area (Å²) in [6, 6.07) is 5.29. The molecule has 1 fully saturated rings. The number of nitrogens with zero attached hydrogens (tertiary/aromatic N) is 3. The molecule has 3 rings (SSSR count). The molecule has 356 valence electrons. The van der Waals surface area contributed by atoms with Crippen molar-refractivity contribution in [2.45, 2.75) is 121 Å². The maximum Gasteiger partial charge on any atom is 0.407 e. The number of hydrogen-bond donors (Lipinski definition) is 7. The average Bonchev–Trinajstić information content (AvgIpc) is 3.67. The SMILES string of the molecule is CC(=O)N[C@H]1[C@H]([C@H](O)[C@H](O)CNC(=O)Cc2ccc(Cl)cc2)O[C@@](OCCCCCCn2cc(COCCOCCOCCOCCNC(=O)OC(C)(C)C)nn2)(C(=O)O)C[C@@H]1O. The van der Waals surface area contributed by atoms with Crippen molar-refractivity contribution in [1.29, 1.82) is 0 Å². The van der Waals surface area contributed by atoms with E-state index in [-0.39, 0.29) is 19.6 Å². The van der Waals surface area contributed by atoms with Crippen LogP contribution >= 0.6 is 11.6 Å². The number of carboxylic acids is 1. The molecular weight excluding hydrogens is 852 g/mol. The number of aliphatic hydroxyl groups is 3. The smallest absolute Gasteiger partial charge is 0.407 e. The molecule has 1 aromatic heterocycles. The number of halogens is 1. The topological polar surface area (TPSA) is 281 Å². The highest BCUT2D eigenvalue weighted by Crippen LogP contribution is 2.34. The summed E-state index contributed by atoms with van der Waals surface area (Å²) in [4.78, 5) is 48.6. The molecular formula is C41H65ClN6O15. The van der Waals surface area contributed by atoms with Gasteiger partial charge in [-0.15, -0.1) is 5.10 Å². The van der Waals surface area contributed by atoms with E-state index in [2.05, 4.69) is 26.3 Å². The molecule has 1 aliphatic heterocycles. The van der Waals surface area contributed by atoms with E-state index in [1.54, 1.807) is 55.9 Å². The van der Waals surface area contributed by atoms with Crippen molar-refractivity contribution in [2.24, 2.45) is 0 Å². The second-order valence-electron chi connectivity index (χ2n) is 15.9. The number of carboxylic acid groups (broad SMARTS) is 1. The maximum absolute atomic E-state index is 12.5. The number of amides is 3. The van der Waals surface area contributed by atoms with Crippen molar-refractivity contribution < 1.29 is 72.8 Å². The van der Waals surface area contributed by atoms with Gasteiger partial charge in [-0.1, -0.05) is 41.8 Å². The molecule has 0 radical (unpaired) electrons. The second kappa shape index (κ2) is 28.0. The zero-order valence-corrected chi connectivity index (χ0v) is 37.3. The van der Waals surface area contributed by atoms with Gasteiger partial charge in [-0.25, -0.2) is 9.59 Å². The van der Waals surface area contributed by atoms with E-state index in [1.165, 1.54) is 6.92 Å². The second-order valence-corrected chi connectivity index (χ2v) is 16.3. The highest BCUT2D eigenvalue weighted by molar-refractivity contribution is 6.30. The molecule has 0 bridgehead atoms. The van der Waals surface area contributed by atoms with Gasteiger partial charge in [0.2, 0.25) is 11.8 Å². The van der Waals surface area contributed by atoms with Crippen LogP contribution in [-0.2, 0) is 67.1 Å². The molecule has 6 atom stereocenters. The van der Waals surface area contributed by atoms with Gasteiger partial charge in [0, 0.05) is 38.0 Å². The highest BCUT2D eigenvalue weighted by atomic mass is 35.5. The summed E-state index contributed by atoms with van der Waals surface area (Å²) < 4.78 is 40.4. The fourth-order valence-corrected chi connectivity index (χ4v) is 6.34. The van der Waals surface area contributed by atoms with Crippen LogP contribution in [0.25, 0.3) is 0 Å². The van der Waals surface area contributed by atoms with Crippen LogP contribution in [-0.4, -0.2) is 167 Å². The minimum absolute atomic E-state index is 0.0305. The Kier molecular flexibility index (Phi) is 23.7. The number of aryl methyl sites for hydroxylation is 1. The van der Waals surface area contributed by atoms with Gasteiger partial charge >= 0.3 is 12.1 Å². The van der Waals surface area contributed by atoms with E-state index in [9.17, 15) is 39.6 Å². The normalized spacial score (nSPS) is 19.8. The lowest BCUT2D eigenvalue weighted by atomic mass is 9.88. The summed E-state index contributed by atoms with van der Waals surface area (Å²) in [6.45, 7) is 9.93. The summed E-state index contributed by atoms with van der Waals surface area (Å²) in [5.41, 5.74) is 0.777. The van der Waals surface area contributed by atoms with Gasteiger partial charge in [0.25, 0.3) is 5.79 Å². The fourth-order valence-electron chi connectivity index (χ4n) is 6.21. The third-order valence-corrected chi connectivity index (χ3v) is 9.52. The fraction of sp³-hybridized carbons (Fsp3) is 0.707. The minimum Gasteiger partial charge on any atom is -0.477 e. The number of unbranched alkanes of at least 4 members (excludes halogenated alkanes) is 3. The van der Waals surface area contributed by atoms with Crippen molar-refractivity contribution in [3.8, 4) is 0 Å². The molecule has 0 unspecified atom stereocenters. The van der Waals surface area contributed by atoms with Crippen LogP contribution in [0.4, 0.5) is 4.79 Å². The van der Waals surface area contributed by atoms with E-state index in [0.717, 1.165) is 12.8 Å². The van der Waals surface area contributed by atoms with Gasteiger partial charge in [0.05, 0.1) is 90.3 Å². The number of rotatable bonds is 30. The molecule has 1 aromatic carbocycles. The summed E-state index contributed by atoms with van der Waals surface area (Å²) in [7, 11) is 0. The van der Waals surface area contributed by atoms with Gasteiger partial charge in [-0.3, -0.25) is 14.3 Å². The highest BCUT2D eigenvalue weighted by Gasteiger charge is 2.55. The quantitative estimate of drug-likeness (QED) is 0.0541. The van der Waals surface area contributed by atoms with Gasteiger partial charge in [-0.05, 0) is 51.3 Å². The van der Waals surface area contributed by atoms with Crippen molar-refractivity contribution in [1.82, 2.24) is 30.9 Å². The largest absolute Gasteiger partial charge is 0.477 e. The van der Waals surface area contributed by atoms with E-state index < -0.39 is 78.7 Å². The molecule has 22 heteroatoms. The number of aromatic nitrogens is 3. The predicted molar refractivity (Wildman–Crippen MR) is 224 cm³/mol. The number of alkyl carbamates (subject to hydrolysis) is 1. The lowest BCUT2D eigenvalue weighted by Gasteiger charge is -2.46. The number of aliphatic hydroxyl groups excluding tert-OH is 3. The molecule has 1 aliphatic rings. The zero-order chi connectivity index (χ0) is 46.3. The number of carbonyl (C=O) groups is 4. The number of hydrogen-bond acceptors (Lipinski definition) is 16. The maximum atomic E-state index is 12.5. The standard InChI is InChI=1S/C41H65ClN6O15/c1-28(49)45-35-32(50)24-41(38(54)55,62-37(35)36(53)33(51)25-44-34(52)23-29-9-11-30(42)12-10-29)61-15-8-6-5-7-14-48-26-31(46-47-48)27-60-22-21-59-20-19-58-18-17-57-16-13-43-39(56)63-40(2,3)4/h9-12,26,32-33,35-37,50-51,53H,5-8,13-25,27H2,1-4H3,(H,43,56)(H,44,52)(H,45,49)(H,54,55)/t32-,33+,35+,36+,37+,41+/m0/s1. The Labute approximate surface area is 372 Å². The summed E-state index contributed by atoms with van der Waals surface area (Å²) in [5, 5.41) is 59.5. The van der Waals surface area contributed by atoms with Crippen molar-refractivity contribution >= 4 is 35.5 Å². The third-order valence-electron chi connectivity index (χ3n) is 9.27. The number of aliphatic carboxylic acids is 1. The first-order chi connectivity index (χ1) is 30.0. The van der Waals surface area contributed by atoms with E-state index in [4.69, 9.17) is 44.8 Å². The Hall–Kier alpha value is -4.03. The van der Waals surface area contributed by atoms with Crippen molar-refractivity contribution in [3.05, 3.63) is 46.7 Å². The summed E-state index contributed by atoms with van der Waals surface area (Å²) >= 11 is 5.89. The van der Waals surface area contributed by atoms with Crippen LogP contribution < -0.4 is 16.0 Å². The molecule has 21 nitrogen and oxygen atoms in total. The number of carbonyl (C=O) groups excluding carboxylic acids is 3. The number of ether oxygens (including phenoxy) is 7. The first kappa shape index (κ1) is 53.3. The van der Waals surface area contributed by atoms with Crippen LogP contribution in [0.15, 0.2) is 30.5 Å². The lowest BCUT2D eigenvalue weighted by molar-refractivity contribution is -0.310. The van der Waals surface area contributed by atoms with E-state index >= 15 is 0 Å². The molecule has 3 amide bonds. The molecule has 2 heterocycles. The summed E-state index contributed by atoms with van der Waals surface area (Å²) in [5.74, 6) is -5.00. The van der Waals surface area contributed by atoms with Crippen LogP contribution in [0.2, 0.25) is 5.02 Å². The Balaban J connectivity index is 1.28. The van der Waals surface area contributed by atoms with Crippen LogP contribution in [0, 0.1) is 0 Å². The van der Waals surface area contributed by atoms with Crippen LogP contribution in [0.5, 0.6) is 0 Å². The Morgan fingerprint density at radius 1 is 0.921 bits per heavy atom. The van der Waals surface area contributed by atoms with Gasteiger partial charge < -0.3 is 69.5 Å². The summed E-state index contributed by atoms with van der Waals surface area (Å²) in [6.07, 6.45) is -3.37. The van der Waals surface area contributed by atoms with Gasteiger partial charge in [-0.2, -0.15) is 0 Å². The minimum atomic E-state index is -2.39. The third kappa shape index (κ3) is 21.0. The molecule has 0 spiro atoms. The predicted octanol–water partition coefficient (Wildman–Crippen LogP) is 1.12. The Bertz CT molecular complexity index is 1670. The monoisotopic (exact) mass is 916 g/mol. The Morgan fingerprint density at radius 2 is 1.56 bits per heavy atom. The van der Waals surface area contributed by atoms with E-state index in [1.807, 2.05) is 0 Å². The molecule has 0 saturated carbocycles. The van der Waals surface area contributed by atoms with Crippen molar-refractivity contribution in [3.63, 3.8) is 0 Å². The van der Waals surface area contributed by atoms with Gasteiger partial charge in [0.1, 0.15) is 23.5 Å². The first-order valence-corrected chi connectivity index (χ1v) is 21.4. The zero-order valence-electron chi connectivity index (χ0n) is 36.5. The molecule has 2 aromatic rings. The first-order valence-electron chi connectivity index (χ1n) is 21.0. The average molecular weight is 917 g/mol.